The quantitative estimate of drug-likeness (QED) is 0.0320. The summed E-state index contributed by atoms with van der Waals surface area (Å²) in [6.45, 7) is 4.96. The molecule has 0 saturated carbocycles. The second kappa shape index (κ2) is 62.9. The lowest BCUT2D eigenvalue weighted by Gasteiger charge is -2.22. The van der Waals surface area contributed by atoms with Gasteiger partial charge in [0, 0.05) is 12.8 Å². The van der Waals surface area contributed by atoms with Crippen LogP contribution < -0.4 is 5.32 Å². The van der Waals surface area contributed by atoms with E-state index in [0.717, 1.165) is 44.9 Å². The zero-order chi connectivity index (χ0) is 52.9. The monoisotopic (exact) mass is 1030 g/mol. The molecule has 0 rings (SSSR count). The highest BCUT2D eigenvalue weighted by Crippen LogP contribution is 2.18. The number of amides is 1. The van der Waals surface area contributed by atoms with Gasteiger partial charge in [-0.15, -0.1) is 0 Å². The van der Waals surface area contributed by atoms with Gasteiger partial charge in [-0.2, -0.15) is 0 Å². The Kier molecular flexibility index (Phi) is 61.4. The Bertz CT molecular complexity index is 1140. The highest BCUT2D eigenvalue weighted by molar-refractivity contribution is 5.76. The average Bonchev–Trinajstić information content (AvgIpc) is 3.39. The molecule has 1 amide bonds. The van der Waals surface area contributed by atoms with Crippen molar-refractivity contribution in [1.82, 2.24) is 5.32 Å². The molecule has 0 fully saturated rings. The molecule has 2 atom stereocenters. The van der Waals surface area contributed by atoms with E-state index in [1.807, 2.05) is 0 Å². The number of ether oxygens (including phenoxy) is 1. The summed E-state index contributed by atoms with van der Waals surface area (Å²) in [7, 11) is 0. The first-order valence-corrected chi connectivity index (χ1v) is 33.1. The fourth-order valence-corrected chi connectivity index (χ4v) is 10.4. The number of allylic oxidation sites excluding steroid dienone is 4. The number of hydrogen-bond acceptors (Lipinski definition) is 5. The molecule has 6 heteroatoms. The molecule has 73 heavy (non-hydrogen) atoms. The van der Waals surface area contributed by atoms with E-state index in [4.69, 9.17) is 4.74 Å². The summed E-state index contributed by atoms with van der Waals surface area (Å²) >= 11 is 0. The van der Waals surface area contributed by atoms with Crippen molar-refractivity contribution in [3.8, 4) is 0 Å². The highest BCUT2D eigenvalue weighted by Gasteiger charge is 2.20. The van der Waals surface area contributed by atoms with Gasteiger partial charge in [0.15, 0.2) is 0 Å². The number of carbonyl (C=O) groups excluding carboxylic acids is 2. The van der Waals surface area contributed by atoms with E-state index < -0.39 is 12.1 Å². The number of carbonyl (C=O) groups is 2. The van der Waals surface area contributed by atoms with Gasteiger partial charge < -0.3 is 20.3 Å². The van der Waals surface area contributed by atoms with Crippen molar-refractivity contribution in [3.05, 3.63) is 24.3 Å². The van der Waals surface area contributed by atoms with Gasteiger partial charge in [-0.05, 0) is 77.0 Å². The lowest BCUT2D eigenvalue weighted by atomic mass is 10.0. The fourth-order valence-electron chi connectivity index (χ4n) is 10.4. The van der Waals surface area contributed by atoms with Crippen molar-refractivity contribution >= 4 is 11.9 Å². The SMILES string of the molecule is CCCCCCC/C=C\CCCCCCCC(=O)OCCCCCCCCCCCCCC/C=C\CCCCCCCCCCCCCCCC(=O)NC(CO)C(O)CCCCCCCCCCCCCCC. The van der Waals surface area contributed by atoms with Crippen LogP contribution in [-0.4, -0.2) is 47.4 Å². The Hall–Kier alpha value is -1.66. The topological polar surface area (TPSA) is 95.9 Å². The van der Waals surface area contributed by atoms with Crippen LogP contribution in [0.4, 0.5) is 0 Å². The Balaban J connectivity index is 3.36. The maximum atomic E-state index is 12.5. The summed E-state index contributed by atoms with van der Waals surface area (Å²) in [5.74, 6) is -0.0243. The van der Waals surface area contributed by atoms with Crippen LogP contribution in [0.3, 0.4) is 0 Å². The second-order valence-electron chi connectivity index (χ2n) is 22.8. The van der Waals surface area contributed by atoms with Gasteiger partial charge in [-0.3, -0.25) is 9.59 Å². The minimum atomic E-state index is -0.662. The van der Waals surface area contributed by atoms with E-state index in [1.54, 1.807) is 0 Å². The van der Waals surface area contributed by atoms with Crippen LogP contribution in [0.2, 0.25) is 0 Å². The first kappa shape index (κ1) is 71.3. The van der Waals surface area contributed by atoms with Crippen molar-refractivity contribution in [2.24, 2.45) is 0 Å². The first-order chi connectivity index (χ1) is 36.0. The van der Waals surface area contributed by atoms with Crippen LogP contribution in [0.5, 0.6) is 0 Å². The largest absolute Gasteiger partial charge is 0.466 e. The van der Waals surface area contributed by atoms with Gasteiger partial charge in [0.1, 0.15) is 0 Å². The molecule has 0 aliphatic rings. The first-order valence-electron chi connectivity index (χ1n) is 33.1. The number of nitrogens with one attached hydrogen (secondary N) is 1. The molecular formula is C67H129NO5. The molecule has 0 aromatic carbocycles. The molecule has 0 saturated heterocycles. The maximum Gasteiger partial charge on any atom is 0.305 e. The summed E-state index contributed by atoms with van der Waals surface area (Å²) in [5.41, 5.74) is 0. The fraction of sp³-hybridized carbons (Fsp3) is 0.910. The molecular weight excluding hydrogens is 899 g/mol. The molecule has 0 spiro atoms. The second-order valence-corrected chi connectivity index (χ2v) is 22.8. The molecule has 0 aliphatic carbocycles. The molecule has 0 aromatic rings. The van der Waals surface area contributed by atoms with Gasteiger partial charge >= 0.3 is 5.97 Å². The van der Waals surface area contributed by atoms with Crippen molar-refractivity contribution < 1.29 is 24.5 Å². The molecule has 0 bridgehead atoms. The van der Waals surface area contributed by atoms with Crippen molar-refractivity contribution in [2.75, 3.05) is 13.2 Å². The summed E-state index contributed by atoms with van der Waals surface area (Å²) in [6, 6.07) is -0.540. The molecule has 0 radical (unpaired) electrons. The highest BCUT2D eigenvalue weighted by atomic mass is 16.5. The lowest BCUT2D eigenvalue weighted by Crippen LogP contribution is -2.45. The van der Waals surface area contributed by atoms with E-state index in [2.05, 4.69) is 43.5 Å². The Labute approximate surface area is 456 Å². The molecule has 0 aromatic heterocycles. The lowest BCUT2D eigenvalue weighted by molar-refractivity contribution is -0.143. The van der Waals surface area contributed by atoms with E-state index in [-0.39, 0.29) is 18.5 Å². The smallest absolute Gasteiger partial charge is 0.305 e. The summed E-state index contributed by atoms with van der Waals surface area (Å²) < 4.78 is 5.48. The van der Waals surface area contributed by atoms with Crippen molar-refractivity contribution in [3.63, 3.8) is 0 Å². The predicted molar refractivity (Wildman–Crippen MR) is 320 cm³/mol. The zero-order valence-corrected chi connectivity index (χ0v) is 49.4. The minimum absolute atomic E-state index is 0.00831. The average molecular weight is 1030 g/mol. The van der Waals surface area contributed by atoms with E-state index in [1.165, 1.54) is 289 Å². The van der Waals surface area contributed by atoms with Crippen LogP contribution >= 0.6 is 0 Å². The molecule has 6 nitrogen and oxygen atoms in total. The van der Waals surface area contributed by atoms with Crippen LogP contribution in [0.1, 0.15) is 367 Å². The molecule has 432 valence electrons. The summed E-state index contributed by atoms with van der Waals surface area (Å²) in [4.78, 5) is 24.5. The van der Waals surface area contributed by atoms with Gasteiger partial charge in [0.25, 0.3) is 0 Å². The molecule has 0 aliphatic heterocycles. The van der Waals surface area contributed by atoms with Gasteiger partial charge in [-0.1, -0.05) is 301 Å². The summed E-state index contributed by atoms with van der Waals surface area (Å²) in [6.07, 6.45) is 77.8. The third-order valence-corrected chi connectivity index (χ3v) is 15.5. The number of aliphatic hydroxyl groups excluding tert-OH is 2. The summed E-state index contributed by atoms with van der Waals surface area (Å²) in [5, 5.41) is 23.3. The molecule has 0 heterocycles. The predicted octanol–water partition coefficient (Wildman–Crippen LogP) is 21.0. The number of hydrogen-bond donors (Lipinski definition) is 3. The van der Waals surface area contributed by atoms with E-state index in [0.29, 0.717) is 25.9 Å². The number of rotatable bonds is 62. The third-order valence-electron chi connectivity index (χ3n) is 15.5. The normalized spacial score (nSPS) is 12.7. The standard InChI is InChI=1S/C67H129NO5/c1-3-5-7-9-11-13-15-17-37-41-45-49-53-57-61-67(72)73-62-58-54-50-46-42-38-34-32-30-28-26-24-22-20-18-19-21-23-25-27-29-31-33-36-40-44-48-52-56-60-66(71)68-64(63-69)65(70)59-55-51-47-43-39-35-16-14-12-10-8-6-4-2/h15,17-18,20,64-65,69-70H,3-14,16,19,21-63H2,1-2H3,(H,68,71)/b17-15-,20-18-. The van der Waals surface area contributed by atoms with Gasteiger partial charge in [0.2, 0.25) is 5.91 Å². The zero-order valence-electron chi connectivity index (χ0n) is 49.4. The van der Waals surface area contributed by atoms with Crippen LogP contribution in [0, 0.1) is 0 Å². The Morgan fingerprint density at radius 2 is 0.644 bits per heavy atom. The number of aliphatic hydroxyl groups is 2. The van der Waals surface area contributed by atoms with Crippen molar-refractivity contribution in [1.29, 1.82) is 0 Å². The maximum absolute atomic E-state index is 12.5. The van der Waals surface area contributed by atoms with Gasteiger partial charge in [0.05, 0.1) is 25.4 Å². The van der Waals surface area contributed by atoms with Crippen LogP contribution in [-0.2, 0) is 14.3 Å². The van der Waals surface area contributed by atoms with E-state index in [9.17, 15) is 19.8 Å². The Morgan fingerprint density at radius 3 is 0.973 bits per heavy atom. The van der Waals surface area contributed by atoms with Crippen LogP contribution in [0.15, 0.2) is 24.3 Å². The third kappa shape index (κ3) is 59.4. The van der Waals surface area contributed by atoms with Gasteiger partial charge in [-0.25, -0.2) is 0 Å². The minimum Gasteiger partial charge on any atom is -0.466 e. The Morgan fingerprint density at radius 1 is 0.370 bits per heavy atom. The van der Waals surface area contributed by atoms with E-state index >= 15 is 0 Å². The number of esters is 1. The van der Waals surface area contributed by atoms with Crippen molar-refractivity contribution in [2.45, 2.75) is 379 Å². The molecule has 2 unspecified atom stereocenters. The molecule has 3 N–H and O–H groups in total. The van der Waals surface area contributed by atoms with Crippen LogP contribution in [0.25, 0.3) is 0 Å². The number of unbranched alkanes of at least 4 members (excludes halogenated alkanes) is 47.